The number of ether oxygens (including phenoxy) is 1. The van der Waals surface area contributed by atoms with Gasteiger partial charge < -0.3 is 9.16 Å². The van der Waals surface area contributed by atoms with E-state index in [9.17, 15) is 0 Å². The summed E-state index contributed by atoms with van der Waals surface area (Å²) in [6, 6.07) is 3.92. The summed E-state index contributed by atoms with van der Waals surface area (Å²) in [7, 11) is 0.593. The van der Waals surface area contributed by atoms with Gasteiger partial charge in [0.25, 0.3) is 0 Å². The zero-order chi connectivity index (χ0) is 12.3. The predicted molar refractivity (Wildman–Crippen MR) is 73.8 cm³/mol. The molecular weight excluding hydrogens is 228 g/mol. The summed E-state index contributed by atoms with van der Waals surface area (Å²) in [5.41, 5.74) is 0. The van der Waals surface area contributed by atoms with Crippen LogP contribution in [0.3, 0.4) is 0 Å². The van der Waals surface area contributed by atoms with Crippen molar-refractivity contribution in [3.05, 3.63) is 0 Å². The molecule has 1 saturated heterocycles. The highest BCUT2D eigenvalue weighted by molar-refractivity contribution is 6.73. The Labute approximate surface area is 107 Å². The molecule has 0 aromatic heterocycles. The van der Waals surface area contributed by atoms with E-state index in [1.807, 2.05) is 7.11 Å². The normalized spacial score (nSPS) is 32.3. The van der Waals surface area contributed by atoms with Crippen LogP contribution < -0.4 is 0 Å². The van der Waals surface area contributed by atoms with Crippen LogP contribution in [0.1, 0.15) is 46.0 Å². The molecule has 1 saturated carbocycles. The van der Waals surface area contributed by atoms with Crippen LogP contribution in [0.2, 0.25) is 18.1 Å². The highest BCUT2D eigenvalue weighted by atomic mass is 28.4. The van der Waals surface area contributed by atoms with Crippen molar-refractivity contribution in [2.24, 2.45) is 5.92 Å². The first-order valence-electron chi connectivity index (χ1n) is 7.43. The van der Waals surface area contributed by atoms with Crippen LogP contribution >= 0.6 is 0 Å². The van der Waals surface area contributed by atoms with E-state index >= 15 is 0 Å². The third-order valence-corrected chi connectivity index (χ3v) is 9.79. The van der Waals surface area contributed by atoms with Gasteiger partial charge in [0.1, 0.15) is 0 Å². The van der Waals surface area contributed by atoms with Crippen LogP contribution in [0.15, 0.2) is 0 Å². The van der Waals surface area contributed by atoms with E-state index in [0.29, 0.717) is 12.2 Å². The van der Waals surface area contributed by atoms with E-state index in [1.54, 1.807) is 0 Å². The molecule has 2 rings (SSSR count). The Morgan fingerprint density at radius 2 is 1.94 bits per heavy atom. The van der Waals surface area contributed by atoms with E-state index in [4.69, 9.17) is 9.16 Å². The molecule has 0 bridgehead atoms. The lowest BCUT2D eigenvalue weighted by molar-refractivity contribution is 0.344. The van der Waals surface area contributed by atoms with E-state index in [-0.39, 0.29) is 0 Å². The Morgan fingerprint density at radius 3 is 2.53 bits per heavy atom. The summed E-state index contributed by atoms with van der Waals surface area (Å²) < 4.78 is 11.5. The number of hydrogen-bond acceptors (Lipinski definition) is 2. The van der Waals surface area contributed by atoms with Gasteiger partial charge >= 0.3 is 0 Å². The first-order valence-corrected chi connectivity index (χ1v) is 9.96. The maximum absolute atomic E-state index is 5.87. The molecule has 2 nitrogen and oxygen atoms in total. The predicted octanol–water partition coefficient (Wildman–Crippen LogP) is 3.97. The van der Waals surface area contributed by atoms with Gasteiger partial charge in [0.05, 0.1) is 12.2 Å². The van der Waals surface area contributed by atoms with Crippen molar-refractivity contribution < 1.29 is 9.16 Å². The van der Waals surface area contributed by atoms with Gasteiger partial charge in [0.2, 0.25) is 0 Å². The van der Waals surface area contributed by atoms with E-state index in [1.165, 1.54) is 50.2 Å². The average Bonchev–Trinajstić information content (AvgIpc) is 3.14. The van der Waals surface area contributed by atoms with E-state index < -0.39 is 8.32 Å². The van der Waals surface area contributed by atoms with Crippen LogP contribution in [-0.2, 0) is 9.16 Å². The van der Waals surface area contributed by atoms with Crippen molar-refractivity contribution >= 4 is 8.32 Å². The van der Waals surface area contributed by atoms with Crippen LogP contribution in [0.4, 0.5) is 0 Å². The molecule has 0 spiro atoms. The topological polar surface area (TPSA) is 21.8 Å². The maximum atomic E-state index is 5.87. The number of hydrogen-bond donors (Lipinski definition) is 0. The fraction of sp³-hybridized carbons (Fsp3) is 1.00. The lowest BCUT2D eigenvalue weighted by Gasteiger charge is -2.28. The molecule has 0 radical (unpaired) electrons. The van der Waals surface area contributed by atoms with Crippen molar-refractivity contribution in [3.8, 4) is 0 Å². The average molecular weight is 256 g/mol. The molecular formula is C14H28O2Si. The molecule has 0 aromatic rings. The lowest BCUT2D eigenvalue weighted by atomic mass is 9.86. The summed E-state index contributed by atoms with van der Waals surface area (Å²) in [5, 5.41) is 0. The minimum atomic E-state index is -1.34. The van der Waals surface area contributed by atoms with Gasteiger partial charge in [-0.25, -0.2) is 0 Å². The second-order valence-corrected chi connectivity index (χ2v) is 10.6. The van der Waals surface area contributed by atoms with Gasteiger partial charge in [-0.2, -0.15) is 0 Å². The minimum Gasteiger partial charge on any atom is -0.420 e. The third-order valence-electron chi connectivity index (χ3n) is 5.08. The number of rotatable bonds is 7. The third kappa shape index (κ3) is 3.33. The monoisotopic (exact) mass is 256 g/mol. The Balaban J connectivity index is 1.67. The minimum absolute atomic E-state index is 0.649. The molecule has 3 unspecified atom stereocenters. The molecule has 0 N–H and O–H groups in total. The molecule has 2 fully saturated rings. The number of epoxide rings is 1. The fourth-order valence-corrected chi connectivity index (χ4v) is 6.29. The summed E-state index contributed by atoms with van der Waals surface area (Å²) >= 11 is 0. The highest BCUT2D eigenvalue weighted by Gasteiger charge is 2.43. The quantitative estimate of drug-likeness (QED) is 0.508. The molecule has 1 heterocycles. The summed E-state index contributed by atoms with van der Waals surface area (Å²) in [6.45, 7) is 4.62. The molecule has 100 valence electrons. The van der Waals surface area contributed by atoms with Crippen molar-refractivity contribution in [1.29, 1.82) is 0 Å². The standard InChI is InChI=1S/C14H28O2Si/c1-4-17(5-2,15-3)10-6-7-12-8-9-13-14(11-12)16-13/h12-14H,4-11H2,1-3H3. The van der Waals surface area contributed by atoms with Gasteiger partial charge in [-0.05, 0) is 43.3 Å². The number of fused-ring (bicyclic) bond motifs is 1. The molecule has 3 heteroatoms. The van der Waals surface area contributed by atoms with Gasteiger partial charge in [-0.3, -0.25) is 0 Å². The smallest absolute Gasteiger partial charge is 0.191 e. The van der Waals surface area contributed by atoms with Crippen LogP contribution in [0.5, 0.6) is 0 Å². The Hall–Kier alpha value is 0.137. The van der Waals surface area contributed by atoms with Crippen LogP contribution in [-0.4, -0.2) is 27.6 Å². The van der Waals surface area contributed by atoms with E-state index in [2.05, 4.69) is 13.8 Å². The molecule has 0 aromatic carbocycles. The molecule has 1 aliphatic carbocycles. The van der Waals surface area contributed by atoms with Crippen molar-refractivity contribution in [2.45, 2.75) is 76.3 Å². The van der Waals surface area contributed by atoms with Crippen LogP contribution in [0.25, 0.3) is 0 Å². The molecule has 0 amide bonds. The van der Waals surface area contributed by atoms with Gasteiger partial charge in [-0.1, -0.05) is 26.7 Å². The highest BCUT2D eigenvalue weighted by Crippen LogP contribution is 2.41. The largest absolute Gasteiger partial charge is 0.420 e. The van der Waals surface area contributed by atoms with Gasteiger partial charge in [0, 0.05) is 7.11 Å². The first kappa shape index (κ1) is 13.6. The second kappa shape index (κ2) is 5.85. The summed E-state index contributed by atoms with van der Waals surface area (Å²) in [5.74, 6) is 0.941. The molecule has 3 atom stereocenters. The Kier molecular flexibility index (Phi) is 4.67. The van der Waals surface area contributed by atoms with Crippen LogP contribution in [0, 0.1) is 5.92 Å². The molecule has 2 aliphatic rings. The first-order chi connectivity index (χ1) is 8.23. The zero-order valence-electron chi connectivity index (χ0n) is 11.7. The molecule has 17 heavy (non-hydrogen) atoms. The van der Waals surface area contributed by atoms with Crippen molar-refractivity contribution in [2.75, 3.05) is 7.11 Å². The second-order valence-electron chi connectivity index (χ2n) is 5.88. The SMILES string of the molecule is CC[Si](CC)(CCCC1CCC2OC2C1)OC. The van der Waals surface area contributed by atoms with Crippen molar-refractivity contribution in [1.82, 2.24) is 0 Å². The molecule has 1 aliphatic heterocycles. The lowest BCUT2D eigenvalue weighted by Crippen LogP contribution is -2.35. The summed E-state index contributed by atoms with van der Waals surface area (Å²) in [6.07, 6.45) is 8.16. The fourth-order valence-electron chi connectivity index (χ4n) is 3.46. The summed E-state index contributed by atoms with van der Waals surface area (Å²) in [4.78, 5) is 0. The zero-order valence-corrected chi connectivity index (χ0v) is 12.7. The Morgan fingerprint density at radius 1 is 1.18 bits per heavy atom. The van der Waals surface area contributed by atoms with Gasteiger partial charge in [-0.15, -0.1) is 0 Å². The van der Waals surface area contributed by atoms with Gasteiger partial charge in [0.15, 0.2) is 8.32 Å². The van der Waals surface area contributed by atoms with Crippen molar-refractivity contribution in [3.63, 3.8) is 0 Å². The Bertz CT molecular complexity index is 232. The maximum Gasteiger partial charge on any atom is 0.191 e. The van der Waals surface area contributed by atoms with E-state index in [0.717, 1.165) is 5.92 Å².